The van der Waals surface area contributed by atoms with E-state index >= 15 is 0 Å². The Labute approximate surface area is 136 Å². The van der Waals surface area contributed by atoms with Crippen molar-refractivity contribution in [3.63, 3.8) is 0 Å². The molecule has 0 spiro atoms. The number of ketones is 1. The van der Waals surface area contributed by atoms with E-state index in [1.54, 1.807) is 6.92 Å². The third-order valence-electron chi connectivity index (χ3n) is 4.44. The Hall–Kier alpha value is -1.72. The first-order valence-electron chi connectivity index (χ1n) is 8.09. The third-order valence-corrected chi connectivity index (χ3v) is 4.44. The Morgan fingerprint density at radius 3 is 2.43 bits per heavy atom. The molecule has 23 heavy (non-hydrogen) atoms. The first kappa shape index (κ1) is 17.6. The topological polar surface area (TPSA) is 83.8 Å². The maximum absolute atomic E-state index is 12.0. The summed E-state index contributed by atoms with van der Waals surface area (Å²) < 4.78 is 5.03. The second-order valence-corrected chi connectivity index (χ2v) is 6.15. The highest BCUT2D eigenvalue weighted by Gasteiger charge is 2.25. The maximum atomic E-state index is 12.0. The van der Waals surface area contributed by atoms with Gasteiger partial charge in [0.05, 0.1) is 19.1 Å². The van der Waals surface area contributed by atoms with E-state index in [0.29, 0.717) is 12.2 Å². The van der Waals surface area contributed by atoms with Crippen molar-refractivity contribution in [1.82, 2.24) is 0 Å². The van der Waals surface area contributed by atoms with Crippen LogP contribution in [-0.4, -0.2) is 41.3 Å². The predicted molar refractivity (Wildman–Crippen MR) is 85.0 cm³/mol. The summed E-state index contributed by atoms with van der Waals surface area (Å²) in [6, 6.07) is 7.63. The molecule has 0 amide bonds. The average Bonchev–Trinajstić information content (AvgIpc) is 2.97. The van der Waals surface area contributed by atoms with Crippen molar-refractivity contribution in [1.29, 1.82) is 0 Å². The summed E-state index contributed by atoms with van der Waals surface area (Å²) in [6.07, 6.45) is 2.53. The molecule has 1 aromatic rings. The molecule has 2 atom stereocenters. The maximum Gasteiger partial charge on any atom is 0.313 e. The van der Waals surface area contributed by atoms with Crippen LogP contribution >= 0.6 is 0 Å². The third kappa shape index (κ3) is 4.62. The van der Waals surface area contributed by atoms with E-state index < -0.39 is 31.2 Å². The summed E-state index contributed by atoms with van der Waals surface area (Å²) in [5.41, 5.74) is 1.91. The van der Waals surface area contributed by atoms with Gasteiger partial charge >= 0.3 is 5.97 Å². The lowest BCUT2D eigenvalue weighted by Crippen LogP contribution is -2.27. The van der Waals surface area contributed by atoms with Crippen LogP contribution in [0.4, 0.5) is 0 Å². The van der Waals surface area contributed by atoms with E-state index in [4.69, 9.17) is 14.9 Å². The van der Waals surface area contributed by atoms with Crippen molar-refractivity contribution in [2.45, 2.75) is 44.6 Å². The van der Waals surface area contributed by atoms with Gasteiger partial charge in [-0.05, 0) is 37.3 Å². The van der Waals surface area contributed by atoms with Crippen LogP contribution in [0.2, 0.25) is 0 Å². The van der Waals surface area contributed by atoms with Gasteiger partial charge in [-0.15, -0.1) is 0 Å². The second kappa shape index (κ2) is 8.22. The minimum absolute atomic E-state index is 0.137. The first-order chi connectivity index (χ1) is 11.0. The summed E-state index contributed by atoms with van der Waals surface area (Å²) in [5, 5.41) is 17.9. The lowest BCUT2D eigenvalue weighted by Gasteiger charge is -2.17. The zero-order valence-corrected chi connectivity index (χ0v) is 13.4. The number of aliphatic hydroxyl groups is 2. The molecule has 0 aromatic heterocycles. The molecule has 2 N–H and O–H groups in total. The zero-order valence-electron chi connectivity index (χ0n) is 13.4. The van der Waals surface area contributed by atoms with Crippen molar-refractivity contribution in [2.75, 3.05) is 13.2 Å². The molecule has 0 saturated heterocycles. The van der Waals surface area contributed by atoms with Gasteiger partial charge in [0.25, 0.3) is 0 Å². The first-order valence-corrected chi connectivity index (χ1v) is 8.09. The van der Waals surface area contributed by atoms with E-state index in [-0.39, 0.29) is 5.92 Å². The summed E-state index contributed by atoms with van der Waals surface area (Å²) in [5.74, 6) is -0.460. The van der Waals surface area contributed by atoms with Gasteiger partial charge in [0, 0.05) is 12.3 Å². The van der Waals surface area contributed by atoms with Crippen LogP contribution in [-0.2, 0) is 20.7 Å². The number of carbonyl (C=O) groups excluding carboxylic acids is 2. The average molecular weight is 320 g/mol. The number of ether oxygens (including phenoxy) is 1. The predicted octanol–water partition coefficient (Wildman–Crippen LogP) is 1.60. The van der Waals surface area contributed by atoms with Gasteiger partial charge in [-0.25, -0.2) is 0 Å². The van der Waals surface area contributed by atoms with Crippen LogP contribution in [0.15, 0.2) is 24.3 Å². The molecule has 1 fully saturated rings. The molecule has 0 unspecified atom stereocenters. The number of benzene rings is 1. The van der Waals surface area contributed by atoms with Crippen LogP contribution in [0.25, 0.3) is 0 Å². The Morgan fingerprint density at radius 2 is 1.91 bits per heavy atom. The Morgan fingerprint density at radius 1 is 1.26 bits per heavy atom. The van der Waals surface area contributed by atoms with Gasteiger partial charge in [0.1, 0.15) is 11.9 Å². The normalized spacial score (nSPS) is 19.1. The van der Waals surface area contributed by atoms with Gasteiger partial charge in [0.2, 0.25) is 0 Å². The number of Topliss-reactive ketones (excluding diaryl/α,β-unsaturated/α-hetero) is 1. The van der Waals surface area contributed by atoms with Crippen LogP contribution in [0.3, 0.4) is 0 Å². The molecule has 0 radical (unpaired) electrons. The highest BCUT2D eigenvalue weighted by atomic mass is 16.6. The van der Waals surface area contributed by atoms with Crippen LogP contribution < -0.4 is 0 Å². The van der Waals surface area contributed by atoms with E-state index in [1.807, 2.05) is 24.3 Å². The molecule has 1 saturated carbocycles. The summed E-state index contributed by atoms with van der Waals surface area (Å²) >= 11 is 0. The number of esters is 1. The van der Waals surface area contributed by atoms with Gasteiger partial charge in [-0.3, -0.25) is 9.59 Å². The number of hydrogen-bond donors (Lipinski definition) is 2. The molecule has 5 nitrogen and oxygen atoms in total. The number of rotatable bonds is 7. The monoisotopic (exact) mass is 320 g/mol. The van der Waals surface area contributed by atoms with E-state index in [0.717, 1.165) is 30.4 Å². The molecule has 1 aliphatic carbocycles. The lowest BCUT2D eigenvalue weighted by atomic mass is 9.94. The number of hydrogen-bond acceptors (Lipinski definition) is 5. The molecule has 1 aliphatic rings. The van der Waals surface area contributed by atoms with Crippen LogP contribution in [0.1, 0.15) is 43.2 Å². The Bertz CT molecular complexity index is 533. The highest BCUT2D eigenvalue weighted by Crippen LogP contribution is 2.26. The van der Waals surface area contributed by atoms with Crippen molar-refractivity contribution >= 4 is 11.8 Å². The van der Waals surface area contributed by atoms with Crippen molar-refractivity contribution in [3.8, 4) is 0 Å². The van der Waals surface area contributed by atoms with Gasteiger partial charge in [0.15, 0.2) is 0 Å². The molecule has 0 aliphatic heterocycles. The van der Waals surface area contributed by atoms with E-state index in [9.17, 15) is 9.59 Å². The van der Waals surface area contributed by atoms with Crippen molar-refractivity contribution < 1.29 is 24.5 Å². The molecule has 126 valence electrons. The molecule has 5 heteroatoms. The van der Waals surface area contributed by atoms with E-state index in [1.165, 1.54) is 0 Å². The Kier molecular flexibility index (Phi) is 6.30. The number of carbonyl (C=O) groups is 2. The second-order valence-electron chi connectivity index (χ2n) is 6.15. The minimum Gasteiger partial charge on any atom is -0.457 e. The summed E-state index contributed by atoms with van der Waals surface area (Å²) in [6.45, 7) is 0.927. The van der Waals surface area contributed by atoms with E-state index in [2.05, 4.69) is 0 Å². The molecule has 2 rings (SSSR count). The fourth-order valence-corrected chi connectivity index (χ4v) is 2.87. The fourth-order valence-electron chi connectivity index (χ4n) is 2.87. The Balaban J connectivity index is 1.95. The SMILES string of the molecule is C[C@@H](C(=O)OC(CO)CO)c1ccc(C[C@@H]2CCCC2=O)cc1. The standard InChI is InChI=1S/C18H24O5/c1-12(18(22)23-16(10-19)11-20)14-7-5-13(6-8-14)9-15-3-2-4-17(15)21/h5-8,12,15-16,19-20H,2-4,9-11H2,1H3/t12-,15+/m1/s1. The molecular formula is C18H24O5. The smallest absolute Gasteiger partial charge is 0.313 e. The molecule has 1 aromatic carbocycles. The summed E-state index contributed by atoms with van der Waals surface area (Å²) in [4.78, 5) is 23.7. The largest absolute Gasteiger partial charge is 0.457 e. The van der Waals surface area contributed by atoms with Gasteiger partial charge in [-0.2, -0.15) is 0 Å². The van der Waals surface area contributed by atoms with Crippen LogP contribution in [0.5, 0.6) is 0 Å². The van der Waals surface area contributed by atoms with Gasteiger partial charge < -0.3 is 14.9 Å². The number of aliphatic hydroxyl groups excluding tert-OH is 2. The quantitative estimate of drug-likeness (QED) is 0.746. The molecule has 0 heterocycles. The zero-order chi connectivity index (χ0) is 16.8. The molecule has 0 bridgehead atoms. The van der Waals surface area contributed by atoms with Crippen molar-refractivity contribution in [2.24, 2.45) is 5.92 Å². The minimum atomic E-state index is -0.877. The highest BCUT2D eigenvalue weighted by molar-refractivity contribution is 5.83. The van der Waals surface area contributed by atoms with Crippen LogP contribution in [0, 0.1) is 5.92 Å². The van der Waals surface area contributed by atoms with Gasteiger partial charge in [-0.1, -0.05) is 24.3 Å². The lowest BCUT2D eigenvalue weighted by molar-refractivity contribution is -0.154. The van der Waals surface area contributed by atoms with Crippen molar-refractivity contribution in [3.05, 3.63) is 35.4 Å². The summed E-state index contributed by atoms with van der Waals surface area (Å²) in [7, 11) is 0. The fraction of sp³-hybridized carbons (Fsp3) is 0.556. The molecular weight excluding hydrogens is 296 g/mol.